The molecule has 0 bridgehead atoms. The zero-order valence-corrected chi connectivity index (χ0v) is 9.77. The molecule has 0 saturated heterocycles. The van der Waals surface area contributed by atoms with E-state index >= 15 is 0 Å². The van der Waals surface area contributed by atoms with Gasteiger partial charge in [0.05, 0.1) is 10.6 Å². The number of non-ortho nitro benzene ring substituents is 1. The number of nitrogens with one attached hydrogen (secondary N) is 1. The summed E-state index contributed by atoms with van der Waals surface area (Å²) in [7, 11) is 0. The molecule has 1 N–H and O–H groups in total. The van der Waals surface area contributed by atoms with Gasteiger partial charge in [0.2, 0.25) is 5.52 Å². The molecule has 1 aliphatic rings. The second-order valence-corrected chi connectivity index (χ2v) is 4.56. The highest BCUT2D eigenvalue weighted by molar-refractivity contribution is 5.93. The molecule has 2 aromatic rings. The third kappa shape index (κ3) is 1.75. The Morgan fingerprint density at radius 2 is 1.95 bits per heavy atom. The molecule has 0 aliphatic heterocycles. The number of fused-ring (bicyclic) bond motifs is 1. The van der Waals surface area contributed by atoms with Crippen LogP contribution in [0.2, 0.25) is 0 Å². The maximum Gasteiger partial charge on any atom is 0.411 e. The molecule has 0 radical (unpaired) electrons. The molecule has 1 heterocycles. The number of hydrogen-bond acceptors (Lipinski definition) is 6. The lowest BCUT2D eigenvalue weighted by Crippen LogP contribution is -2.38. The Hall–Kier alpha value is -2.39. The van der Waals surface area contributed by atoms with Gasteiger partial charge in [-0.3, -0.25) is 10.1 Å². The molecule has 0 unspecified atom stereocenters. The Labute approximate surface area is 108 Å². The van der Waals surface area contributed by atoms with Crippen LogP contribution in [0.1, 0.15) is 12.8 Å². The molecule has 7 nitrogen and oxygen atoms in total. The fraction of sp³-hybridized carbons (Fsp3) is 0.400. The molecule has 1 saturated carbocycles. The molecule has 1 aliphatic carbocycles. The average molecular weight is 288 g/mol. The van der Waals surface area contributed by atoms with Crippen LogP contribution in [0.15, 0.2) is 16.8 Å². The molecule has 0 spiro atoms. The molecule has 106 valence electrons. The minimum Gasteiger partial charge on any atom is -0.370 e. The van der Waals surface area contributed by atoms with Gasteiger partial charge in [0, 0.05) is 6.07 Å². The number of halogens is 3. The first kappa shape index (κ1) is 12.6. The lowest BCUT2D eigenvalue weighted by Gasteiger charge is -2.21. The summed E-state index contributed by atoms with van der Waals surface area (Å²) in [6.07, 6.45) is -4.52. The van der Waals surface area contributed by atoms with E-state index in [1.54, 1.807) is 0 Å². The molecule has 1 aromatic carbocycles. The predicted octanol–water partition coefficient (Wildman–Crippen LogP) is 2.64. The number of alkyl halides is 3. The standard InChI is InChI=1S/C10H7F3N4O3/c11-10(12,13)9(3-4-9)14-5-1-2-6(17(18)19)8-7(5)15-20-16-8/h1-2,14H,3-4H2. The van der Waals surface area contributed by atoms with Gasteiger partial charge < -0.3 is 5.32 Å². The molecule has 10 heteroatoms. The number of aromatic nitrogens is 2. The van der Waals surface area contributed by atoms with Crippen LogP contribution in [0, 0.1) is 10.1 Å². The Balaban J connectivity index is 2.04. The van der Waals surface area contributed by atoms with E-state index in [2.05, 4.69) is 20.3 Å². The maximum atomic E-state index is 12.9. The van der Waals surface area contributed by atoms with E-state index in [0.29, 0.717) is 0 Å². The molecule has 1 aromatic heterocycles. The maximum absolute atomic E-state index is 12.9. The largest absolute Gasteiger partial charge is 0.411 e. The summed E-state index contributed by atoms with van der Waals surface area (Å²) in [6.45, 7) is 0. The van der Waals surface area contributed by atoms with Crippen LogP contribution >= 0.6 is 0 Å². The fourth-order valence-corrected chi connectivity index (χ4v) is 1.96. The third-order valence-corrected chi connectivity index (χ3v) is 3.26. The highest BCUT2D eigenvalue weighted by Gasteiger charge is 2.63. The van der Waals surface area contributed by atoms with Crippen LogP contribution in [0.4, 0.5) is 24.5 Å². The summed E-state index contributed by atoms with van der Waals surface area (Å²) in [5.41, 5.74) is -2.62. The number of nitro benzene ring substituents is 1. The highest BCUT2D eigenvalue weighted by Crippen LogP contribution is 2.51. The van der Waals surface area contributed by atoms with Crippen LogP contribution < -0.4 is 5.32 Å². The molecule has 0 amide bonds. The van der Waals surface area contributed by atoms with Gasteiger partial charge in [-0.05, 0) is 29.2 Å². The molecule has 20 heavy (non-hydrogen) atoms. The highest BCUT2D eigenvalue weighted by atomic mass is 19.4. The van der Waals surface area contributed by atoms with Crippen LogP contribution in [-0.4, -0.2) is 27.0 Å². The number of anilines is 1. The van der Waals surface area contributed by atoms with E-state index in [4.69, 9.17) is 0 Å². The van der Waals surface area contributed by atoms with Crippen molar-refractivity contribution < 1.29 is 22.7 Å². The first-order valence-electron chi connectivity index (χ1n) is 5.59. The van der Waals surface area contributed by atoms with Crippen LogP contribution in [0.5, 0.6) is 0 Å². The summed E-state index contributed by atoms with van der Waals surface area (Å²) >= 11 is 0. The number of rotatable bonds is 3. The van der Waals surface area contributed by atoms with Crippen molar-refractivity contribution in [1.82, 2.24) is 10.3 Å². The van der Waals surface area contributed by atoms with E-state index < -0.39 is 16.6 Å². The molecular weight excluding hydrogens is 281 g/mol. The molecular formula is C10H7F3N4O3. The number of nitro groups is 1. The number of nitrogens with zero attached hydrogens (tertiary/aromatic N) is 3. The van der Waals surface area contributed by atoms with Crippen molar-refractivity contribution in [2.45, 2.75) is 24.6 Å². The monoisotopic (exact) mass is 288 g/mol. The van der Waals surface area contributed by atoms with Gasteiger partial charge in [-0.1, -0.05) is 0 Å². The van der Waals surface area contributed by atoms with Crippen LogP contribution in [0.25, 0.3) is 11.0 Å². The molecule has 3 rings (SSSR count). The van der Waals surface area contributed by atoms with E-state index in [1.807, 2.05) is 0 Å². The van der Waals surface area contributed by atoms with Crippen molar-refractivity contribution in [1.29, 1.82) is 0 Å². The van der Waals surface area contributed by atoms with Crippen molar-refractivity contribution in [3.63, 3.8) is 0 Å². The van der Waals surface area contributed by atoms with Crippen molar-refractivity contribution in [3.05, 3.63) is 22.2 Å². The van der Waals surface area contributed by atoms with E-state index in [0.717, 1.165) is 6.07 Å². The SMILES string of the molecule is O=[N+]([O-])c1ccc(NC2(C(F)(F)F)CC2)c2nonc12. The van der Waals surface area contributed by atoms with E-state index in [1.165, 1.54) is 6.07 Å². The third-order valence-electron chi connectivity index (χ3n) is 3.26. The van der Waals surface area contributed by atoms with Gasteiger partial charge >= 0.3 is 11.9 Å². The van der Waals surface area contributed by atoms with Gasteiger partial charge in [-0.25, -0.2) is 4.63 Å². The Morgan fingerprint density at radius 1 is 1.30 bits per heavy atom. The average Bonchev–Trinajstić information content (AvgIpc) is 2.98. The Morgan fingerprint density at radius 3 is 2.50 bits per heavy atom. The summed E-state index contributed by atoms with van der Waals surface area (Å²) in [5.74, 6) is 0. The minimum atomic E-state index is -4.40. The summed E-state index contributed by atoms with van der Waals surface area (Å²) < 4.78 is 43.0. The van der Waals surface area contributed by atoms with Gasteiger partial charge in [-0.15, -0.1) is 0 Å². The van der Waals surface area contributed by atoms with E-state index in [9.17, 15) is 23.3 Å². The van der Waals surface area contributed by atoms with E-state index in [-0.39, 0.29) is 35.2 Å². The smallest absolute Gasteiger partial charge is 0.370 e. The molecule has 1 fully saturated rings. The summed E-state index contributed by atoms with van der Waals surface area (Å²) in [4.78, 5) is 10.1. The van der Waals surface area contributed by atoms with Crippen molar-refractivity contribution in [2.24, 2.45) is 0 Å². The summed E-state index contributed by atoms with van der Waals surface area (Å²) in [6, 6.07) is 2.25. The van der Waals surface area contributed by atoms with Gasteiger partial charge in [0.1, 0.15) is 5.54 Å². The minimum absolute atomic E-state index is 0.0154. The topological polar surface area (TPSA) is 94.1 Å². The van der Waals surface area contributed by atoms with Crippen LogP contribution in [-0.2, 0) is 0 Å². The quantitative estimate of drug-likeness (QED) is 0.689. The zero-order valence-electron chi connectivity index (χ0n) is 9.77. The lowest BCUT2D eigenvalue weighted by molar-refractivity contribution is -0.383. The van der Waals surface area contributed by atoms with Crippen molar-refractivity contribution in [3.8, 4) is 0 Å². The van der Waals surface area contributed by atoms with Crippen molar-refractivity contribution in [2.75, 3.05) is 5.32 Å². The predicted molar refractivity (Wildman–Crippen MR) is 60.1 cm³/mol. The molecule has 0 atom stereocenters. The fourth-order valence-electron chi connectivity index (χ4n) is 1.96. The Kier molecular flexibility index (Phi) is 2.40. The second-order valence-electron chi connectivity index (χ2n) is 4.56. The van der Waals surface area contributed by atoms with Crippen molar-refractivity contribution >= 4 is 22.4 Å². The zero-order chi connectivity index (χ0) is 14.5. The van der Waals surface area contributed by atoms with Crippen LogP contribution in [0.3, 0.4) is 0 Å². The lowest BCUT2D eigenvalue weighted by atomic mass is 10.2. The first-order valence-corrected chi connectivity index (χ1v) is 5.59. The number of hydrogen-bond donors (Lipinski definition) is 1. The van der Waals surface area contributed by atoms with Gasteiger partial charge in [0.15, 0.2) is 5.52 Å². The summed E-state index contributed by atoms with van der Waals surface area (Å²) in [5, 5.41) is 19.9. The Bertz CT molecular complexity index is 693. The van der Waals surface area contributed by atoms with Gasteiger partial charge in [0.25, 0.3) is 0 Å². The van der Waals surface area contributed by atoms with Gasteiger partial charge in [-0.2, -0.15) is 13.2 Å². The first-order chi connectivity index (χ1) is 9.34. The normalized spacial score (nSPS) is 17.1. The second kappa shape index (κ2) is 3.81. The number of benzene rings is 1.